The van der Waals surface area contributed by atoms with E-state index in [1.165, 1.54) is 0 Å². The highest BCUT2D eigenvalue weighted by molar-refractivity contribution is 6.31. The number of urea groups is 1. The molecule has 2 amide bonds. The first-order valence-electron chi connectivity index (χ1n) is 3.88. The maximum atomic E-state index is 10.9. The number of nitrogens with one attached hydrogen (secondary N) is 2. The second kappa shape index (κ2) is 4.14. The number of hydrogen-bond acceptors (Lipinski definition) is 1. The molecule has 0 radical (unpaired) electrons. The van der Waals surface area contributed by atoms with Crippen LogP contribution in [-0.2, 0) is 0 Å². The zero-order valence-corrected chi connectivity index (χ0v) is 8.27. The number of hydrogen-bond donors (Lipinski definition) is 2. The third kappa shape index (κ3) is 2.63. The zero-order chi connectivity index (χ0) is 9.84. The maximum absolute atomic E-state index is 10.9. The highest BCUT2D eigenvalue weighted by atomic mass is 35.5. The van der Waals surface area contributed by atoms with Crippen LogP contribution >= 0.6 is 11.6 Å². The Bertz CT molecular complexity index is 325. The number of amides is 2. The summed E-state index contributed by atoms with van der Waals surface area (Å²) in [6.45, 7) is 1.89. The number of benzene rings is 1. The van der Waals surface area contributed by atoms with Crippen molar-refractivity contribution in [2.75, 3.05) is 12.4 Å². The Morgan fingerprint density at radius 3 is 2.69 bits per heavy atom. The summed E-state index contributed by atoms with van der Waals surface area (Å²) in [7, 11) is 1.57. The largest absolute Gasteiger partial charge is 0.341 e. The van der Waals surface area contributed by atoms with Crippen molar-refractivity contribution in [2.45, 2.75) is 6.92 Å². The van der Waals surface area contributed by atoms with Crippen molar-refractivity contribution in [3.8, 4) is 0 Å². The second-order valence-electron chi connectivity index (χ2n) is 2.67. The summed E-state index contributed by atoms with van der Waals surface area (Å²) in [6, 6.07) is 5.09. The molecular formula is C9H11ClN2O. The molecule has 0 fully saturated rings. The van der Waals surface area contributed by atoms with Crippen LogP contribution < -0.4 is 10.6 Å². The average Bonchev–Trinajstić information content (AvgIpc) is 2.11. The first-order valence-corrected chi connectivity index (χ1v) is 4.26. The second-order valence-corrected chi connectivity index (χ2v) is 3.08. The number of halogens is 1. The first-order chi connectivity index (χ1) is 6.13. The fourth-order valence-corrected chi connectivity index (χ4v) is 1.03. The summed E-state index contributed by atoms with van der Waals surface area (Å²) < 4.78 is 0. The highest BCUT2D eigenvalue weighted by Crippen LogP contribution is 2.18. The Morgan fingerprint density at radius 2 is 2.15 bits per heavy atom. The predicted molar refractivity (Wildman–Crippen MR) is 54.3 cm³/mol. The van der Waals surface area contributed by atoms with E-state index in [0.717, 1.165) is 11.3 Å². The van der Waals surface area contributed by atoms with Crippen LogP contribution in [0.4, 0.5) is 10.5 Å². The van der Waals surface area contributed by atoms with Gasteiger partial charge in [0.15, 0.2) is 0 Å². The molecule has 1 rings (SSSR count). The third-order valence-corrected chi connectivity index (χ3v) is 2.07. The fourth-order valence-electron chi connectivity index (χ4n) is 0.916. The van der Waals surface area contributed by atoms with Gasteiger partial charge in [0.25, 0.3) is 0 Å². The van der Waals surface area contributed by atoms with Gasteiger partial charge in [-0.2, -0.15) is 0 Å². The lowest BCUT2D eigenvalue weighted by atomic mass is 10.2. The first kappa shape index (κ1) is 9.86. The molecule has 0 atom stereocenters. The Labute approximate surface area is 82.1 Å². The van der Waals surface area contributed by atoms with E-state index in [2.05, 4.69) is 10.6 Å². The molecule has 0 aliphatic heterocycles. The van der Waals surface area contributed by atoms with Gasteiger partial charge in [-0.25, -0.2) is 4.79 Å². The van der Waals surface area contributed by atoms with E-state index >= 15 is 0 Å². The molecule has 2 N–H and O–H groups in total. The van der Waals surface area contributed by atoms with Crippen molar-refractivity contribution < 1.29 is 4.79 Å². The highest BCUT2D eigenvalue weighted by Gasteiger charge is 2.00. The van der Waals surface area contributed by atoms with E-state index in [0.29, 0.717) is 5.02 Å². The summed E-state index contributed by atoms with van der Waals surface area (Å²) in [5, 5.41) is 5.81. The van der Waals surface area contributed by atoms with Crippen LogP contribution in [0.1, 0.15) is 5.56 Å². The molecular weight excluding hydrogens is 188 g/mol. The lowest BCUT2D eigenvalue weighted by Gasteiger charge is -2.05. The van der Waals surface area contributed by atoms with Gasteiger partial charge in [0.1, 0.15) is 0 Å². The molecule has 70 valence electrons. The van der Waals surface area contributed by atoms with Gasteiger partial charge in [0, 0.05) is 17.8 Å². The number of rotatable bonds is 1. The van der Waals surface area contributed by atoms with E-state index in [-0.39, 0.29) is 6.03 Å². The Kier molecular flexibility index (Phi) is 3.14. The molecule has 0 bridgehead atoms. The van der Waals surface area contributed by atoms with Crippen molar-refractivity contribution in [3.05, 3.63) is 28.8 Å². The number of carbonyl (C=O) groups is 1. The van der Waals surface area contributed by atoms with Gasteiger partial charge in [-0.3, -0.25) is 0 Å². The van der Waals surface area contributed by atoms with Crippen molar-refractivity contribution in [2.24, 2.45) is 0 Å². The van der Waals surface area contributed by atoms with Crippen LogP contribution in [0.25, 0.3) is 0 Å². The third-order valence-electron chi connectivity index (χ3n) is 1.64. The molecule has 1 aromatic carbocycles. The van der Waals surface area contributed by atoms with Crippen LogP contribution in [0, 0.1) is 6.92 Å². The Morgan fingerprint density at radius 1 is 1.46 bits per heavy atom. The number of aryl methyl sites for hydroxylation is 1. The van der Waals surface area contributed by atoms with Crippen molar-refractivity contribution in [3.63, 3.8) is 0 Å². The van der Waals surface area contributed by atoms with Crippen LogP contribution in [0.15, 0.2) is 18.2 Å². The topological polar surface area (TPSA) is 41.1 Å². The average molecular weight is 199 g/mol. The zero-order valence-electron chi connectivity index (χ0n) is 7.52. The normalized spacial score (nSPS) is 9.46. The van der Waals surface area contributed by atoms with Gasteiger partial charge in [-0.05, 0) is 30.7 Å². The standard InChI is InChI=1S/C9H11ClN2O/c1-6-5-7(3-4-8(6)10)12-9(13)11-2/h3-5H,1-2H3,(H2,11,12,13). The molecule has 1 aromatic rings. The van der Waals surface area contributed by atoms with Gasteiger partial charge < -0.3 is 10.6 Å². The lowest BCUT2D eigenvalue weighted by molar-refractivity contribution is 0.254. The summed E-state index contributed by atoms with van der Waals surface area (Å²) in [4.78, 5) is 10.9. The molecule has 13 heavy (non-hydrogen) atoms. The smallest absolute Gasteiger partial charge is 0.318 e. The summed E-state index contributed by atoms with van der Waals surface area (Å²) in [6.07, 6.45) is 0. The van der Waals surface area contributed by atoms with E-state index in [1.54, 1.807) is 19.2 Å². The van der Waals surface area contributed by atoms with Gasteiger partial charge in [-0.1, -0.05) is 11.6 Å². The Hall–Kier alpha value is -1.22. The minimum absolute atomic E-state index is 0.235. The van der Waals surface area contributed by atoms with E-state index < -0.39 is 0 Å². The van der Waals surface area contributed by atoms with Crippen molar-refractivity contribution in [1.82, 2.24) is 5.32 Å². The number of carbonyl (C=O) groups excluding carboxylic acids is 1. The van der Waals surface area contributed by atoms with E-state index in [9.17, 15) is 4.79 Å². The predicted octanol–water partition coefficient (Wildman–Crippen LogP) is 2.40. The number of anilines is 1. The minimum Gasteiger partial charge on any atom is -0.341 e. The van der Waals surface area contributed by atoms with Crippen LogP contribution in [0.5, 0.6) is 0 Å². The molecule has 0 aromatic heterocycles. The van der Waals surface area contributed by atoms with Crippen molar-refractivity contribution >= 4 is 23.3 Å². The fraction of sp³-hybridized carbons (Fsp3) is 0.222. The van der Waals surface area contributed by atoms with Crippen LogP contribution in [-0.4, -0.2) is 13.1 Å². The molecule has 0 aliphatic carbocycles. The Balaban J connectivity index is 2.79. The van der Waals surface area contributed by atoms with Crippen LogP contribution in [0.2, 0.25) is 5.02 Å². The van der Waals surface area contributed by atoms with Gasteiger partial charge in [0.2, 0.25) is 0 Å². The molecule has 0 saturated carbocycles. The molecule has 3 nitrogen and oxygen atoms in total. The quantitative estimate of drug-likeness (QED) is 0.715. The molecule has 4 heteroatoms. The lowest BCUT2D eigenvalue weighted by Crippen LogP contribution is -2.24. The van der Waals surface area contributed by atoms with E-state index in [1.807, 2.05) is 13.0 Å². The molecule has 0 saturated heterocycles. The minimum atomic E-state index is -0.235. The van der Waals surface area contributed by atoms with Gasteiger partial charge in [0.05, 0.1) is 0 Å². The summed E-state index contributed by atoms with van der Waals surface area (Å²) >= 11 is 5.82. The molecule has 0 heterocycles. The monoisotopic (exact) mass is 198 g/mol. The van der Waals surface area contributed by atoms with Crippen LogP contribution in [0.3, 0.4) is 0 Å². The SMILES string of the molecule is CNC(=O)Nc1ccc(Cl)c(C)c1. The van der Waals surface area contributed by atoms with E-state index in [4.69, 9.17) is 11.6 Å². The maximum Gasteiger partial charge on any atom is 0.318 e. The molecule has 0 spiro atoms. The molecule has 0 unspecified atom stereocenters. The molecule has 0 aliphatic rings. The summed E-state index contributed by atoms with van der Waals surface area (Å²) in [5.41, 5.74) is 1.68. The van der Waals surface area contributed by atoms with Gasteiger partial charge >= 0.3 is 6.03 Å². The van der Waals surface area contributed by atoms with Crippen molar-refractivity contribution in [1.29, 1.82) is 0 Å². The van der Waals surface area contributed by atoms with Gasteiger partial charge in [-0.15, -0.1) is 0 Å². The summed E-state index contributed by atoms with van der Waals surface area (Å²) in [5.74, 6) is 0.